The van der Waals surface area contributed by atoms with E-state index >= 15 is 0 Å². The van der Waals surface area contributed by atoms with Crippen LogP contribution in [0.15, 0.2) is 66.7 Å². The van der Waals surface area contributed by atoms with Gasteiger partial charge in [0.25, 0.3) is 0 Å². The molecular formula is C23H22ClNO2. The summed E-state index contributed by atoms with van der Waals surface area (Å²) in [5, 5.41) is 12.5. The van der Waals surface area contributed by atoms with Crippen molar-refractivity contribution in [2.75, 3.05) is 13.1 Å². The predicted octanol–water partition coefficient (Wildman–Crippen LogP) is 5.38. The van der Waals surface area contributed by atoms with Crippen molar-refractivity contribution in [3.8, 4) is 0 Å². The molecule has 1 fully saturated rings. The molecule has 1 aliphatic rings. The fourth-order valence-corrected chi connectivity index (χ4v) is 4.27. The van der Waals surface area contributed by atoms with Crippen LogP contribution in [0.4, 0.5) is 0 Å². The second-order valence-corrected chi connectivity index (χ2v) is 7.65. The van der Waals surface area contributed by atoms with Crippen LogP contribution < -0.4 is 0 Å². The minimum atomic E-state index is -0.681. The second kappa shape index (κ2) is 7.71. The fourth-order valence-electron chi connectivity index (χ4n) is 4.07. The quantitative estimate of drug-likeness (QED) is 0.661. The number of hydrogen-bond acceptors (Lipinski definition) is 2. The maximum absolute atomic E-state index is 11.3. The molecule has 138 valence electrons. The van der Waals surface area contributed by atoms with Gasteiger partial charge in [-0.3, -0.25) is 9.69 Å². The van der Waals surface area contributed by atoms with Gasteiger partial charge in [0.1, 0.15) is 0 Å². The van der Waals surface area contributed by atoms with Crippen LogP contribution in [-0.2, 0) is 4.79 Å². The molecule has 1 heterocycles. The molecular weight excluding hydrogens is 358 g/mol. The van der Waals surface area contributed by atoms with E-state index in [0.717, 1.165) is 23.7 Å². The maximum Gasteiger partial charge on any atom is 0.306 e. The van der Waals surface area contributed by atoms with Crippen molar-refractivity contribution in [1.29, 1.82) is 0 Å². The van der Waals surface area contributed by atoms with Gasteiger partial charge in [-0.2, -0.15) is 0 Å². The van der Waals surface area contributed by atoms with Crippen LogP contribution in [0.5, 0.6) is 0 Å². The van der Waals surface area contributed by atoms with Gasteiger partial charge in [0.2, 0.25) is 0 Å². The standard InChI is InChI=1S/C23H22ClNO2/c24-21-7-3-6-19(15-21)22(25-12-10-17(11-13-25)23(26)27)20-9-8-16-4-1-2-5-18(16)14-20/h1-9,14-15,17,22H,10-13H2,(H,26,27). The Labute approximate surface area is 164 Å². The Morgan fingerprint density at radius 1 is 0.926 bits per heavy atom. The Morgan fingerprint density at radius 3 is 2.33 bits per heavy atom. The van der Waals surface area contributed by atoms with Gasteiger partial charge < -0.3 is 5.11 Å². The lowest BCUT2D eigenvalue weighted by molar-refractivity contribution is -0.143. The van der Waals surface area contributed by atoms with Crippen LogP contribution in [-0.4, -0.2) is 29.1 Å². The summed E-state index contributed by atoms with van der Waals surface area (Å²) < 4.78 is 0. The largest absolute Gasteiger partial charge is 0.481 e. The molecule has 4 heteroatoms. The summed E-state index contributed by atoms with van der Waals surface area (Å²) in [6.07, 6.45) is 1.36. The number of hydrogen-bond donors (Lipinski definition) is 1. The van der Waals surface area contributed by atoms with E-state index in [9.17, 15) is 9.90 Å². The Morgan fingerprint density at radius 2 is 1.63 bits per heavy atom. The highest BCUT2D eigenvalue weighted by atomic mass is 35.5. The van der Waals surface area contributed by atoms with E-state index in [1.54, 1.807) is 0 Å². The lowest BCUT2D eigenvalue weighted by Gasteiger charge is -2.37. The molecule has 1 saturated heterocycles. The second-order valence-electron chi connectivity index (χ2n) is 7.21. The molecule has 3 aromatic rings. The normalized spacial score (nSPS) is 17.1. The molecule has 1 atom stereocenters. The van der Waals surface area contributed by atoms with E-state index in [2.05, 4.69) is 47.4 Å². The van der Waals surface area contributed by atoms with Gasteiger partial charge in [-0.1, -0.05) is 60.1 Å². The molecule has 1 aliphatic heterocycles. The van der Waals surface area contributed by atoms with E-state index in [-0.39, 0.29) is 12.0 Å². The number of nitrogens with zero attached hydrogens (tertiary/aromatic N) is 1. The summed E-state index contributed by atoms with van der Waals surface area (Å²) in [4.78, 5) is 13.7. The number of benzene rings is 3. The SMILES string of the molecule is O=C(O)C1CCN(C(c2cccc(Cl)c2)c2ccc3ccccc3c2)CC1. The van der Waals surface area contributed by atoms with Crippen LogP contribution in [0.25, 0.3) is 10.8 Å². The van der Waals surface area contributed by atoms with Gasteiger partial charge in [0, 0.05) is 5.02 Å². The zero-order chi connectivity index (χ0) is 18.8. The van der Waals surface area contributed by atoms with Crippen molar-refractivity contribution in [1.82, 2.24) is 4.90 Å². The average molecular weight is 380 g/mol. The zero-order valence-corrected chi connectivity index (χ0v) is 15.8. The molecule has 1 N–H and O–H groups in total. The Balaban J connectivity index is 1.72. The number of aliphatic carboxylic acids is 1. The summed E-state index contributed by atoms with van der Waals surface area (Å²) in [7, 11) is 0. The number of fused-ring (bicyclic) bond motifs is 1. The first kappa shape index (κ1) is 18.0. The van der Waals surface area contributed by atoms with Crippen molar-refractivity contribution in [3.05, 3.63) is 82.9 Å². The molecule has 0 bridgehead atoms. The molecule has 0 aliphatic carbocycles. The van der Waals surface area contributed by atoms with E-state index in [0.29, 0.717) is 12.8 Å². The first-order valence-corrected chi connectivity index (χ1v) is 9.70. The van der Waals surface area contributed by atoms with Gasteiger partial charge in [-0.25, -0.2) is 0 Å². The van der Waals surface area contributed by atoms with Crippen molar-refractivity contribution in [2.45, 2.75) is 18.9 Å². The van der Waals surface area contributed by atoms with Crippen LogP contribution >= 0.6 is 11.6 Å². The molecule has 0 saturated carbocycles. The lowest BCUT2D eigenvalue weighted by Crippen LogP contribution is -2.39. The topological polar surface area (TPSA) is 40.5 Å². The number of halogens is 1. The van der Waals surface area contributed by atoms with Gasteiger partial charge in [0.05, 0.1) is 12.0 Å². The van der Waals surface area contributed by atoms with Crippen molar-refractivity contribution in [2.24, 2.45) is 5.92 Å². The molecule has 1 unspecified atom stereocenters. The summed E-state index contributed by atoms with van der Waals surface area (Å²) in [6, 6.07) is 23.0. The Hall–Kier alpha value is -2.36. The van der Waals surface area contributed by atoms with Crippen molar-refractivity contribution in [3.63, 3.8) is 0 Å². The smallest absolute Gasteiger partial charge is 0.306 e. The van der Waals surface area contributed by atoms with E-state index in [1.165, 1.54) is 16.3 Å². The average Bonchev–Trinajstić information content (AvgIpc) is 2.68. The maximum atomic E-state index is 11.3. The number of piperidine rings is 1. The molecule has 4 rings (SSSR count). The van der Waals surface area contributed by atoms with E-state index in [1.807, 2.05) is 24.3 Å². The molecule has 0 amide bonds. The highest BCUT2D eigenvalue weighted by Crippen LogP contribution is 2.34. The highest BCUT2D eigenvalue weighted by Gasteiger charge is 2.30. The minimum Gasteiger partial charge on any atom is -0.481 e. The number of carboxylic acids is 1. The highest BCUT2D eigenvalue weighted by molar-refractivity contribution is 6.30. The molecule has 3 aromatic carbocycles. The van der Waals surface area contributed by atoms with Crippen molar-refractivity contribution < 1.29 is 9.90 Å². The van der Waals surface area contributed by atoms with Gasteiger partial charge in [-0.05, 0) is 66.0 Å². The molecule has 0 spiro atoms. The van der Waals surface area contributed by atoms with Crippen LogP contribution in [0.1, 0.15) is 30.0 Å². The predicted molar refractivity (Wildman–Crippen MR) is 109 cm³/mol. The fraction of sp³-hybridized carbons (Fsp3) is 0.261. The summed E-state index contributed by atoms with van der Waals surface area (Å²) >= 11 is 6.28. The summed E-state index contributed by atoms with van der Waals surface area (Å²) in [5.41, 5.74) is 2.36. The third-order valence-corrected chi connectivity index (χ3v) is 5.73. The van der Waals surface area contributed by atoms with Crippen LogP contribution in [0.3, 0.4) is 0 Å². The van der Waals surface area contributed by atoms with Gasteiger partial charge >= 0.3 is 5.97 Å². The monoisotopic (exact) mass is 379 g/mol. The molecule has 3 nitrogen and oxygen atoms in total. The number of likely N-dealkylation sites (tertiary alicyclic amines) is 1. The first-order valence-electron chi connectivity index (χ1n) is 9.33. The minimum absolute atomic E-state index is 0.0723. The first-order chi connectivity index (χ1) is 13.1. The summed E-state index contributed by atoms with van der Waals surface area (Å²) in [5.74, 6) is -0.919. The Bertz CT molecular complexity index is 963. The van der Waals surface area contributed by atoms with Crippen LogP contribution in [0, 0.1) is 5.92 Å². The lowest BCUT2D eigenvalue weighted by atomic mass is 9.90. The van der Waals surface area contributed by atoms with Gasteiger partial charge in [0.15, 0.2) is 0 Å². The van der Waals surface area contributed by atoms with E-state index in [4.69, 9.17) is 11.6 Å². The number of rotatable bonds is 4. The molecule has 0 aromatic heterocycles. The number of carboxylic acid groups (broad SMARTS) is 1. The number of carbonyl (C=O) groups is 1. The summed E-state index contributed by atoms with van der Waals surface area (Å²) in [6.45, 7) is 1.53. The Kier molecular flexibility index (Phi) is 5.15. The van der Waals surface area contributed by atoms with Crippen LogP contribution in [0.2, 0.25) is 5.02 Å². The van der Waals surface area contributed by atoms with E-state index < -0.39 is 5.97 Å². The van der Waals surface area contributed by atoms with Crippen molar-refractivity contribution >= 4 is 28.3 Å². The zero-order valence-electron chi connectivity index (χ0n) is 15.0. The third kappa shape index (κ3) is 3.85. The van der Waals surface area contributed by atoms with Gasteiger partial charge in [-0.15, -0.1) is 0 Å². The molecule has 27 heavy (non-hydrogen) atoms. The molecule has 0 radical (unpaired) electrons. The third-order valence-electron chi connectivity index (χ3n) is 5.50.